The minimum absolute atomic E-state index is 0.101. The molecule has 5 nitrogen and oxygen atoms in total. The number of rotatable bonds is 9. The second-order valence-corrected chi connectivity index (χ2v) is 11.5. The van der Waals surface area contributed by atoms with Crippen LogP contribution in [0.2, 0.25) is 20.1 Å². The van der Waals surface area contributed by atoms with Crippen molar-refractivity contribution < 1.29 is 9.59 Å². The summed E-state index contributed by atoms with van der Waals surface area (Å²) in [5.74, 6) is -0.485. The zero-order valence-electron chi connectivity index (χ0n) is 21.2. The second kappa shape index (κ2) is 12.9. The molecule has 202 valence electrons. The van der Waals surface area contributed by atoms with Crippen molar-refractivity contribution in [2.24, 2.45) is 5.92 Å². The predicted octanol–water partition coefficient (Wildman–Crippen LogP) is 6.58. The molecule has 0 saturated carbocycles. The van der Waals surface area contributed by atoms with E-state index in [4.69, 9.17) is 46.4 Å². The van der Waals surface area contributed by atoms with E-state index in [1.165, 1.54) is 12.8 Å². The van der Waals surface area contributed by atoms with Crippen LogP contribution in [0.1, 0.15) is 30.4 Å². The molecule has 1 heterocycles. The number of carbonyl (C=O) groups excluding carboxylic acids is 2. The van der Waals surface area contributed by atoms with Crippen LogP contribution in [0.15, 0.2) is 60.7 Å². The number of benzene rings is 2. The van der Waals surface area contributed by atoms with E-state index in [-0.39, 0.29) is 30.6 Å². The Morgan fingerprint density at radius 1 is 0.921 bits per heavy atom. The molecule has 0 radical (unpaired) electrons. The maximum atomic E-state index is 13.6. The summed E-state index contributed by atoms with van der Waals surface area (Å²) in [5, 5.41) is 4.87. The molecule has 0 aromatic heterocycles. The molecular formula is C29H31Cl4N3O2. The molecule has 1 saturated heterocycles. The number of hydrogen-bond acceptors (Lipinski definition) is 3. The Morgan fingerprint density at radius 3 is 2.13 bits per heavy atom. The molecule has 2 atom stereocenters. The Labute approximate surface area is 244 Å². The van der Waals surface area contributed by atoms with E-state index in [1.54, 1.807) is 48.3 Å². The molecule has 1 fully saturated rings. The van der Waals surface area contributed by atoms with E-state index < -0.39 is 5.66 Å². The van der Waals surface area contributed by atoms with Crippen molar-refractivity contribution in [3.05, 3.63) is 91.9 Å². The first-order chi connectivity index (χ1) is 18.2. The van der Waals surface area contributed by atoms with E-state index in [0.29, 0.717) is 20.1 Å². The van der Waals surface area contributed by atoms with Gasteiger partial charge in [-0.05, 0) is 80.4 Å². The highest BCUT2D eigenvalue weighted by atomic mass is 35.5. The summed E-state index contributed by atoms with van der Waals surface area (Å²) in [6, 6.07) is 10.3. The van der Waals surface area contributed by atoms with Gasteiger partial charge in [0.1, 0.15) is 5.66 Å². The maximum absolute atomic E-state index is 13.6. The summed E-state index contributed by atoms with van der Waals surface area (Å²) < 4.78 is 0. The van der Waals surface area contributed by atoms with Crippen LogP contribution in [-0.4, -0.2) is 54.0 Å². The molecule has 0 bridgehead atoms. The van der Waals surface area contributed by atoms with Crippen molar-refractivity contribution in [2.45, 2.75) is 37.8 Å². The Morgan fingerprint density at radius 2 is 1.53 bits per heavy atom. The fourth-order valence-corrected chi connectivity index (χ4v) is 5.79. The van der Waals surface area contributed by atoms with Gasteiger partial charge in [0, 0.05) is 13.0 Å². The Balaban J connectivity index is 1.59. The van der Waals surface area contributed by atoms with Crippen molar-refractivity contribution in [3.8, 4) is 0 Å². The molecule has 2 aromatic rings. The average Bonchev–Trinajstić information content (AvgIpc) is 3.41. The van der Waals surface area contributed by atoms with Gasteiger partial charge >= 0.3 is 0 Å². The molecule has 0 spiro atoms. The monoisotopic (exact) mass is 593 g/mol. The zero-order valence-corrected chi connectivity index (χ0v) is 24.3. The van der Waals surface area contributed by atoms with Gasteiger partial charge in [0.2, 0.25) is 11.8 Å². The van der Waals surface area contributed by atoms with Crippen LogP contribution < -0.4 is 5.32 Å². The number of nitrogens with one attached hydrogen (secondary N) is 1. The molecule has 2 aromatic carbocycles. The lowest BCUT2D eigenvalue weighted by atomic mass is 9.83. The first kappa shape index (κ1) is 29.0. The van der Waals surface area contributed by atoms with E-state index in [1.807, 2.05) is 18.2 Å². The number of halogens is 4. The minimum Gasteiger partial charge on any atom is -0.329 e. The summed E-state index contributed by atoms with van der Waals surface area (Å²) in [7, 11) is 1.74. The van der Waals surface area contributed by atoms with Crippen LogP contribution in [0.25, 0.3) is 0 Å². The first-order valence-electron chi connectivity index (χ1n) is 12.7. The minimum atomic E-state index is -1.03. The van der Waals surface area contributed by atoms with Crippen molar-refractivity contribution >= 4 is 58.2 Å². The van der Waals surface area contributed by atoms with Gasteiger partial charge in [-0.1, -0.05) is 76.8 Å². The van der Waals surface area contributed by atoms with Crippen LogP contribution in [-0.2, 0) is 22.4 Å². The molecule has 1 N–H and O–H groups in total. The van der Waals surface area contributed by atoms with E-state index in [9.17, 15) is 9.59 Å². The van der Waals surface area contributed by atoms with Crippen LogP contribution in [0.4, 0.5) is 0 Å². The summed E-state index contributed by atoms with van der Waals surface area (Å²) in [6.07, 6.45) is 11.3. The van der Waals surface area contributed by atoms with Gasteiger partial charge in [-0.2, -0.15) is 0 Å². The number of carbonyl (C=O) groups is 2. The SMILES string of the molecule is CN(C(=O)Cc1ccc(Cl)c(Cl)c1)[C@@]1(NC(=O)Cc2ccc(Cl)c(Cl)c2)C=CC=C[C@H]1CCN1CCCC1. The second-order valence-electron chi connectivity index (χ2n) is 9.86. The normalized spacial score (nSPS) is 21.0. The van der Waals surface area contributed by atoms with Gasteiger partial charge in [-0.25, -0.2) is 0 Å². The lowest BCUT2D eigenvalue weighted by molar-refractivity contribution is -0.138. The molecule has 1 aliphatic carbocycles. The molecular weight excluding hydrogens is 564 g/mol. The van der Waals surface area contributed by atoms with E-state index in [0.717, 1.165) is 37.2 Å². The third-order valence-electron chi connectivity index (χ3n) is 7.28. The molecule has 4 rings (SSSR count). The van der Waals surface area contributed by atoms with Crippen LogP contribution >= 0.6 is 46.4 Å². The lowest BCUT2D eigenvalue weighted by Crippen LogP contribution is -2.65. The van der Waals surface area contributed by atoms with Gasteiger partial charge < -0.3 is 15.1 Å². The Kier molecular flexibility index (Phi) is 9.83. The maximum Gasteiger partial charge on any atom is 0.228 e. The first-order valence-corrected chi connectivity index (χ1v) is 14.2. The molecule has 2 aliphatic rings. The number of allylic oxidation sites excluding steroid dienone is 2. The number of nitrogens with zero attached hydrogens (tertiary/aromatic N) is 2. The third kappa shape index (κ3) is 6.94. The number of amides is 2. The van der Waals surface area contributed by atoms with Crippen molar-refractivity contribution in [1.82, 2.24) is 15.1 Å². The highest BCUT2D eigenvalue weighted by Crippen LogP contribution is 2.33. The van der Waals surface area contributed by atoms with Crippen LogP contribution in [0.3, 0.4) is 0 Å². The molecule has 1 aliphatic heterocycles. The summed E-state index contributed by atoms with van der Waals surface area (Å²) in [4.78, 5) is 31.2. The summed E-state index contributed by atoms with van der Waals surface area (Å²) in [6.45, 7) is 3.05. The summed E-state index contributed by atoms with van der Waals surface area (Å²) in [5.41, 5.74) is 0.452. The topological polar surface area (TPSA) is 52.7 Å². The van der Waals surface area contributed by atoms with Crippen LogP contribution in [0.5, 0.6) is 0 Å². The van der Waals surface area contributed by atoms with Crippen molar-refractivity contribution in [3.63, 3.8) is 0 Å². The smallest absolute Gasteiger partial charge is 0.228 e. The molecule has 38 heavy (non-hydrogen) atoms. The lowest BCUT2D eigenvalue weighted by Gasteiger charge is -2.46. The standard InChI is InChI=1S/C29H31Cl4N3O2/c1-35(28(38)19-21-8-10-24(31)26(33)17-21)29(34-27(37)18-20-7-9-23(30)25(32)16-20)12-3-2-6-22(29)11-15-36-13-4-5-14-36/h2-3,6-10,12,16-17,22H,4-5,11,13-15,18-19H2,1H3,(H,34,37)/t22-,29-/m0/s1. The zero-order chi connectivity index (χ0) is 27.3. The third-order valence-corrected chi connectivity index (χ3v) is 8.76. The van der Waals surface area contributed by atoms with Crippen LogP contribution in [0, 0.1) is 5.92 Å². The van der Waals surface area contributed by atoms with Crippen molar-refractivity contribution in [1.29, 1.82) is 0 Å². The fraction of sp³-hybridized carbons (Fsp3) is 0.379. The molecule has 9 heteroatoms. The Hall–Kier alpha value is -2.02. The highest BCUT2D eigenvalue weighted by molar-refractivity contribution is 6.42. The van der Waals surface area contributed by atoms with Gasteiger partial charge in [-0.3, -0.25) is 9.59 Å². The largest absolute Gasteiger partial charge is 0.329 e. The molecule has 2 amide bonds. The van der Waals surface area contributed by atoms with Crippen molar-refractivity contribution in [2.75, 3.05) is 26.7 Å². The van der Waals surface area contributed by atoms with Gasteiger partial charge in [-0.15, -0.1) is 0 Å². The van der Waals surface area contributed by atoms with E-state index in [2.05, 4.69) is 16.3 Å². The van der Waals surface area contributed by atoms with Gasteiger partial charge in [0.15, 0.2) is 0 Å². The number of hydrogen-bond donors (Lipinski definition) is 1. The number of likely N-dealkylation sites (tertiary alicyclic amines) is 1. The quantitative estimate of drug-likeness (QED) is 0.333. The Bertz CT molecular complexity index is 1240. The fourth-order valence-electron chi connectivity index (χ4n) is 5.15. The summed E-state index contributed by atoms with van der Waals surface area (Å²) >= 11 is 24.5. The molecule has 0 unspecified atom stereocenters. The number of likely N-dealkylation sites (N-methyl/N-ethyl adjacent to an activating group) is 1. The predicted molar refractivity (Wildman–Crippen MR) is 156 cm³/mol. The average molecular weight is 595 g/mol. The van der Waals surface area contributed by atoms with Gasteiger partial charge in [0.25, 0.3) is 0 Å². The highest BCUT2D eigenvalue weighted by Gasteiger charge is 2.43. The van der Waals surface area contributed by atoms with E-state index >= 15 is 0 Å². The van der Waals surface area contributed by atoms with Gasteiger partial charge in [0.05, 0.1) is 32.9 Å².